The van der Waals surface area contributed by atoms with E-state index in [0.717, 1.165) is 11.1 Å². The lowest BCUT2D eigenvalue weighted by atomic mass is 10.2. The summed E-state index contributed by atoms with van der Waals surface area (Å²) in [6.45, 7) is 2.31. The molecule has 0 spiro atoms. The highest BCUT2D eigenvalue weighted by Gasteiger charge is 2.21. The minimum atomic E-state index is -0.506. The minimum Gasteiger partial charge on any atom is -0.489 e. The van der Waals surface area contributed by atoms with Crippen molar-refractivity contribution in [2.24, 2.45) is 0 Å². The van der Waals surface area contributed by atoms with Gasteiger partial charge in [-0.1, -0.05) is 54.3 Å². The van der Waals surface area contributed by atoms with Crippen LogP contribution in [0.5, 0.6) is 5.75 Å². The van der Waals surface area contributed by atoms with Crippen molar-refractivity contribution in [2.75, 3.05) is 11.9 Å². The molecule has 0 atom stereocenters. The zero-order valence-corrected chi connectivity index (χ0v) is 16.7. The number of benzene rings is 2. The number of hydrogen-bond acceptors (Lipinski definition) is 6. The van der Waals surface area contributed by atoms with E-state index in [2.05, 4.69) is 10.6 Å². The molecule has 144 valence electrons. The fourth-order valence-corrected chi connectivity index (χ4v) is 3.52. The van der Waals surface area contributed by atoms with Gasteiger partial charge >= 0.3 is 6.09 Å². The summed E-state index contributed by atoms with van der Waals surface area (Å²) < 4.78 is 11.2. The van der Waals surface area contributed by atoms with E-state index in [1.807, 2.05) is 42.5 Å². The van der Waals surface area contributed by atoms with E-state index in [1.165, 1.54) is 11.8 Å². The van der Waals surface area contributed by atoms with Crippen molar-refractivity contribution in [3.8, 4) is 5.75 Å². The molecule has 2 aromatic carbocycles. The number of ether oxygens (including phenoxy) is 2. The van der Waals surface area contributed by atoms with Crippen LogP contribution in [0.1, 0.15) is 18.1 Å². The normalized spacial score (nSPS) is 14.7. The molecular weight excluding hydrogens is 396 g/mol. The fourth-order valence-electron chi connectivity index (χ4n) is 2.47. The van der Waals surface area contributed by atoms with Gasteiger partial charge in [0, 0.05) is 5.56 Å². The second-order valence-corrected chi connectivity index (χ2v) is 7.43. The Hall–Kier alpha value is -2.84. The Labute approximate surface area is 172 Å². The van der Waals surface area contributed by atoms with Gasteiger partial charge in [-0.3, -0.25) is 10.1 Å². The maximum Gasteiger partial charge on any atom is 0.411 e. The number of anilines is 1. The molecule has 0 unspecified atom stereocenters. The van der Waals surface area contributed by atoms with Crippen LogP contribution in [0.4, 0.5) is 10.5 Å². The largest absolute Gasteiger partial charge is 0.489 e. The molecular formula is C20H18N2O4S2. The highest BCUT2D eigenvalue weighted by Crippen LogP contribution is 2.27. The summed E-state index contributed by atoms with van der Waals surface area (Å²) in [6, 6.07) is 14.7. The van der Waals surface area contributed by atoms with Crippen molar-refractivity contribution in [3.63, 3.8) is 0 Å². The molecule has 2 amide bonds. The van der Waals surface area contributed by atoms with Crippen molar-refractivity contribution in [1.82, 2.24) is 5.32 Å². The molecule has 1 aliphatic rings. The van der Waals surface area contributed by atoms with Gasteiger partial charge in [0.1, 0.15) is 16.7 Å². The van der Waals surface area contributed by atoms with Crippen molar-refractivity contribution in [1.29, 1.82) is 0 Å². The van der Waals surface area contributed by atoms with Gasteiger partial charge in [-0.2, -0.15) is 0 Å². The highest BCUT2D eigenvalue weighted by molar-refractivity contribution is 8.26. The SMILES string of the molecule is CCOC(=O)Nc1ccccc1COc1cccc(C=C2SC(=S)NC2=O)c1. The number of nitrogens with one attached hydrogen (secondary N) is 2. The third-order valence-corrected chi connectivity index (χ3v) is 4.88. The van der Waals surface area contributed by atoms with E-state index in [-0.39, 0.29) is 12.5 Å². The smallest absolute Gasteiger partial charge is 0.411 e. The number of thiocarbonyl (C=S) groups is 1. The minimum absolute atomic E-state index is 0.194. The number of thioether (sulfide) groups is 1. The van der Waals surface area contributed by atoms with Crippen molar-refractivity contribution >= 4 is 52.1 Å². The Balaban J connectivity index is 1.69. The summed E-state index contributed by atoms with van der Waals surface area (Å²) in [5, 5.41) is 5.30. The Morgan fingerprint density at radius 1 is 1.25 bits per heavy atom. The van der Waals surface area contributed by atoms with E-state index in [1.54, 1.807) is 19.1 Å². The number of carbonyl (C=O) groups is 2. The molecule has 0 radical (unpaired) electrons. The molecule has 0 bridgehead atoms. The first-order valence-corrected chi connectivity index (χ1v) is 9.77. The summed E-state index contributed by atoms with van der Waals surface area (Å²) in [5.74, 6) is 0.451. The van der Waals surface area contributed by atoms with E-state index in [0.29, 0.717) is 27.3 Å². The van der Waals surface area contributed by atoms with E-state index < -0.39 is 6.09 Å². The lowest BCUT2D eigenvalue weighted by molar-refractivity contribution is -0.115. The fraction of sp³-hybridized carbons (Fsp3) is 0.150. The lowest BCUT2D eigenvalue weighted by Crippen LogP contribution is -2.17. The van der Waals surface area contributed by atoms with Gasteiger partial charge in [-0.05, 0) is 36.8 Å². The van der Waals surface area contributed by atoms with Gasteiger partial charge in [0.15, 0.2) is 0 Å². The summed E-state index contributed by atoms with van der Waals surface area (Å²) in [6.07, 6.45) is 1.26. The zero-order valence-electron chi connectivity index (χ0n) is 15.1. The van der Waals surface area contributed by atoms with Crippen LogP contribution in [-0.4, -0.2) is 22.9 Å². The molecule has 3 rings (SSSR count). The van der Waals surface area contributed by atoms with Crippen molar-refractivity contribution in [2.45, 2.75) is 13.5 Å². The van der Waals surface area contributed by atoms with Gasteiger partial charge in [-0.15, -0.1) is 0 Å². The molecule has 0 aliphatic carbocycles. The average Bonchev–Trinajstić information content (AvgIpc) is 2.98. The topological polar surface area (TPSA) is 76.7 Å². The van der Waals surface area contributed by atoms with Crippen LogP contribution in [0.25, 0.3) is 6.08 Å². The second kappa shape index (κ2) is 9.38. The van der Waals surface area contributed by atoms with Crippen molar-refractivity contribution < 1.29 is 19.1 Å². The molecule has 28 heavy (non-hydrogen) atoms. The Morgan fingerprint density at radius 2 is 2.07 bits per heavy atom. The molecule has 0 aromatic heterocycles. The molecule has 1 fully saturated rings. The predicted octanol–water partition coefficient (Wildman–Crippen LogP) is 4.32. The third kappa shape index (κ3) is 5.34. The molecule has 2 aromatic rings. The van der Waals surface area contributed by atoms with Crippen LogP contribution >= 0.6 is 24.0 Å². The second-order valence-electron chi connectivity index (χ2n) is 5.72. The first-order chi connectivity index (χ1) is 13.5. The summed E-state index contributed by atoms with van der Waals surface area (Å²) >= 11 is 6.23. The van der Waals surface area contributed by atoms with Gasteiger partial charge in [0.25, 0.3) is 5.91 Å². The van der Waals surface area contributed by atoms with E-state index in [4.69, 9.17) is 21.7 Å². The number of amides is 2. The quantitative estimate of drug-likeness (QED) is 0.541. The van der Waals surface area contributed by atoms with Gasteiger partial charge in [0.05, 0.1) is 17.2 Å². The van der Waals surface area contributed by atoms with Gasteiger partial charge in [-0.25, -0.2) is 4.79 Å². The number of rotatable bonds is 6. The zero-order chi connectivity index (χ0) is 19.9. The Kier molecular flexibility index (Phi) is 6.67. The first-order valence-electron chi connectivity index (χ1n) is 8.54. The molecule has 1 heterocycles. The predicted molar refractivity (Wildman–Crippen MR) is 114 cm³/mol. The Bertz CT molecular complexity index is 943. The van der Waals surface area contributed by atoms with Crippen LogP contribution < -0.4 is 15.4 Å². The van der Waals surface area contributed by atoms with Crippen LogP contribution in [0.3, 0.4) is 0 Å². The van der Waals surface area contributed by atoms with E-state index >= 15 is 0 Å². The summed E-state index contributed by atoms with van der Waals surface area (Å²) in [4.78, 5) is 24.0. The van der Waals surface area contributed by atoms with Crippen LogP contribution in [0, 0.1) is 0 Å². The highest BCUT2D eigenvalue weighted by atomic mass is 32.2. The lowest BCUT2D eigenvalue weighted by Gasteiger charge is -2.12. The van der Waals surface area contributed by atoms with Crippen molar-refractivity contribution in [3.05, 3.63) is 64.6 Å². The van der Waals surface area contributed by atoms with Gasteiger partial charge in [0.2, 0.25) is 0 Å². The van der Waals surface area contributed by atoms with E-state index in [9.17, 15) is 9.59 Å². The van der Waals surface area contributed by atoms with Gasteiger partial charge < -0.3 is 14.8 Å². The average molecular weight is 415 g/mol. The molecule has 8 heteroatoms. The maximum absolute atomic E-state index is 11.8. The third-order valence-electron chi connectivity index (χ3n) is 3.72. The molecule has 1 aliphatic heterocycles. The van der Waals surface area contributed by atoms with Crippen LogP contribution in [0.15, 0.2) is 53.4 Å². The summed E-state index contributed by atoms with van der Waals surface area (Å²) in [5.41, 5.74) is 2.28. The standard InChI is InChI=1S/C20H18N2O4S2/c1-2-25-19(24)21-16-9-4-3-7-14(16)12-26-15-8-5-6-13(10-15)11-17-18(23)22-20(27)28-17/h3-11H,2,12H2,1H3,(H,21,24)(H,22,23,27). The first kappa shape index (κ1) is 19.9. The van der Waals surface area contributed by atoms with Crippen LogP contribution in [0.2, 0.25) is 0 Å². The number of carbonyl (C=O) groups excluding carboxylic acids is 2. The number of hydrogen-bond donors (Lipinski definition) is 2. The molecule has 6 nitrogen and oxygen atoms in total. The summed E-state index contributed by atoms with van der Waals surface area (Å²) in [7, 11) is 0. The maximum atomic E-state index is 11.8. The molecule has 1 saturated heterocycles. The molecule has 0 saturated carbocycles. The molecule has 2 N–H and O–H groups in total. The van der Waals surface area contributed by atoms with Crippen LogP contribution in [-0.2, 0) is 16.1 Å². The monoisotopic (exact) mass is 414 g/mol. The Morgan fingerprint density at radius 3 is 2.82 bits per heavy atom. The number of para-hydroxylation sites is 1.